The SMILES string of the molecule is COc1cc(-c2cc(C)c(OCc3ccccc3-n3nnn(C)c3=O)cc2C)nn1C. The van der Waals surface area contributed by atoms with Gasteiger partial charge in [0.25, 0.3) is 0 Å². The molecule has 0 fully saturated rings. The van der Waals surface area contributed by atoms with E-state index < -0.39 is 0 Å². The molecule has 0 aliphatic rings. The van der Waals surface area contributed by atoms with Crippen LogP contribution >= 0.6 is 0 Å². The van der Waals surface area contributed by atoms with Gasteiger partial charge in [-0.25, -0.2) is 9.48 Å². The summed E-state index contributed by atoms with van der Waals surface area (Å²) in [6, 6.07) is 13.5. The van der Waals surface area contributed by atoms with Crippen molar-refractivity contribution in [1.29, 1.82) is 0 Å². The summed E-state index contributed by atoms with van der Waals surface area (Å²) in [5.41, 5.74) is 5.07. The van der Waals surface area contributed by atoms with Crippen LogP contribution < -0.4 is 15.2 Å². The van der Waals surface area contributed by atoms with Crippen molar-refractivity contribution < 1.29 is 9.47 Å². The number of tetrazole rings is 1. The Labute approximate surface area is 179 Å². The molecule has 4 aromatic rings. The zero-order chi connectivity index (χ0) is 22.1. The summed E-state index contributed by atoms with van der Waals surface area (Å²) < 4.78 is 15.6. The lowest BCUT2D eigenvalue weighted by atomic mass is 10.0. The topological polar surface area (TPSA) is 89.0 Å². The lowest BCUT2D eigenvalue weighted by molar-refractivity contribution is 0.303. The number of hydrogen-bond donors (Lipinski definition) is 0. The van der Waals surface area contributed by atoms with Crippen LogP contribution in [0.5, 0.6) is 11.6 Å². The van der Waals surface area contributed by atoms with Crippen molar-refractivity contribution in [3.63, 3.8) is 0 Å². The van der Waals surface area contributed by atoms with Gasteiger partial charge < -0.3 is 9.47 Å². The Balaban J connectivity index is 1.61. The third-order valence-corrected chi connectivity index (χ3v) is 5.17. The van der Waals surface area contributed by atoms with E-state index >= 15 is 0 Å². The van der Waals surface area contributed by atoms with Crippen LogP contribution in [0.2, 0.25) is 0 Å². The molecule has 0 unspecified atom stereocenters. The molecule has 2 aromatic carbocycles. The summed E-state index contributed by atoms with van der Waals surface area (Å²) in [6.07, 6.45) is 0. The Morgan fingerprint density at radius 1 is 0.968 bits per heavy atom. The Kier molecular flexibility index (Phi) is 5.33. The molecule has 9 heteroatoms. The van der Waals surface area contributed by atoms with E-state index in [1.807, 2.05) is 57.3 Å². The molecule has 2 aromatic heterocycles. The largest absolute Gasteiger partial charge is 0.489 e. The van der Waals surface area contributed by atoms with E-state index in [4.69, 9.17) is 9.47 Å². The fourth-order valence-corrected chi connectivity index (χ4v) is 3.45. The first-order valence-electron chi connectivity index (χ1n) is 9.78. The van der Waals surface area contributed by atoms with Gasteiger partial charge in [-0.3, -0.25) is 0 Å². The predicted octanol–water partition coefficient (Wildman–Crippen LogP) is 2.57. The summed E-state index contributed by atoms with van der Waals surface area (Å²) in [6.45, 7) is 4.31. The molecule has 0 spiro atoms. The van der Waals surface area contributed by atoms with E-state index in [0.29, 0.717) is 11.6 Å². The second-order valence-corrected chi connectivity index (χ2v) is 7.34. The molecular weight excluding hydrogens is 396 g/mol. The number of ether oxygens (including phenoxy) is 2. The maximum atomic E-state index is 12.3. The van der Waals surface area contributed by atoms with Gasteiger partial charge in [-0.2, -0.15) is 14.5 Å². The van der Waals surface area contributed by atoms with Crippen molar-refractivity contribution in [3.05, 3.63) is 69.6 Å². The first-order chi connectivity index (χ1) is 14.9. The van der Waals surface area contributed by atoms with Gasteiger partial charge >= 0.3 is 5.69 Å². The smallest absolute Gasteiger partial charge is 0.368 e. The molecule has 0 N–H and O–H groups in total. The minimum Gasteiger partial charge on any atom is -0.489 e. The Morgan fingerprint density at radius 2 is 1.74 bits per heavy atom. The number of para-hydroxylation sites is 1. The number of methoxy groups -OCH3 is 1. The summed E-state index contributed by atoms with van der Waals surface area (Å²) in [7, 11) is 5.04. The second kappa shape index (κ2) is 8.10. The zero-order valence-corrected chi connectivity index (χ0v) is 18.2. The van der Waals surface area contributed by atoms with Crippen LogP contribution in [0.25, 0.3) is 16.9 Å². The van der Waals surface area contributed by atoms with Crippen molar-refractivity contribution >= 4 is 0 Å². The van der Waals surface area contributed by atoms with Crippen molar-refractivity contribution in [2.75, 3.05) is 7.11 Å². The highest BCUT2D eigenvalue weighted by molar-refractivity contribution is 5.67. The fourth-order valence-electron chi connectivity index (χ4n) is 3.45. The third-order valence-electron chi connectivity index (χ3n) is 5.17. The maximum absolute atomic E-state index is 12.3. The van der Waals surface area contributed by atoms with Gasteiger partial charge in [0.15, 0.2) is 0 Å². The Bertz CT molecular complexity index is 1300. The van der Waals surface area contributed by atoms with E-state index in [0.717, 1.165) is 33.7 Å². The normalized spacial score (nSPS) is 11.0. The third kappa shape index (κ3) is 3.81. The summed E-state index contributed by atoms with van der Waals surface area (Å²) in [5, 5.41) is 12.3. The average molecular weight is 420 g/mol. The number of aromatic nitrogens is 6. The quantitative estimate of drug-likeness (QED) is 0.476. The minimum atomic E-state index is -0.311. The van der Waals surface area contributed by atoms with Gasteiger partial charge in [0.1, 0.15) is 12.4 Å². The zero-order valence-electron chi connectivity index (χ0n) is 18.2. The molecule has 0 aliphatic heterocycles. The first kappa shape index (κ1) is 20.4. The van der Waals surface area contributed by atoms with Crippen LogP contribution in [0, 0.1) is 13.8 Å². The Hall–Kier alpha value is -3.88. The van der Waals surface area contributed by atoms with Gasteiger partial charge in [0, 0.05) is 31.3 Å². The predicted molar refractivity (Wildman–Crippen MR) is 116 cm³/mol. The lowest BCUT2D eigenvalue weighted by Crippen LogP contribution is -2.23. The molecule has 0 radical (unpaired) electrons. The minimum absolute atomic E-state index is 0.288. The molecule has 0 saturated carbocycles. The van der Waals surface area contributed by atoms with Crippen LogP contribution in [0.15, 0.2) is 47.3 Å². The van der Waals surface area contributed by atoms with Crippen molar-refractivity contribution in [1.82, 2.24) is 29.6 Å². The highest BCUT2D eigenvalue weighted by Gasteiger charge is 2.14. The molecular formula is C22H24N6O3. The molecule has 0 bridgehead atoms. The van der Waals surface area contributed by atoms with Crippen LogP contribution in [-0.4, -0.2) is 36.7 Å². The number of nitrogens with zero attached hydrogens (tertiary/aromatic N) is 6. The molecule has 31 heavy (non-hydrogen) atoms. The summed E-state index contributed by atoms with van der Waals surface area (Å²) >= 11 is 0. The number of rotatable bonds is 6. The van der Waals surface area contributed by atoms with Crippen LogP contribution in [0.4, 0.5) is 0 Å². The molecule has 0 aliphatic carbocycles. The highest BCUT2D eigenvalue weighted by atomic mass is 16.5. The van der Waals surface area contributed by atoms with Crippen LogP contribution in [0.1, 0.15) is 16.7 Å². The fraction of sp³-hybridized carbons (Fsp3) is 0.273. The van der Waals surface area contributed by atoms with E-state index in [2.05, 4.69) is 21.6 Å². The van der Waals surface area contributed by atoms with E-state index in [1.54, 1.807) is 18.8 Å². The van der Waals surface area contributed by atoms with Gasteiger partial charge in [-0.1, -0.05) is 18.2 Å². The second-order valence-electron chi connectivity index (χ2n) is 7.34. The van der Waals surface area contributed by atoms with E-state index in [1.165, 1.54) is 9.36 Å². The summed E-state index contributed by atoms with van der Waals surface area (Å²) in [5.74, 6) is 1.47. The maximum Gasteiger partial charge on any atom is 0.368 e. The van der Waals surface area contributed by atoms with E-state index in [-0.39, 0.29) is 12.3 Å². The van der Waals surface area contributed by atoms with Crippen molar-refractivity contribution in [2.24, 2.45) is 14.1 Å². The molecule has 0 amide bonds. The lowest BCUT2D eigenvalue weighted by Gasteiger charge is -2.14. The molecule has 9 nitrogen and oxygen atoms in total. The van der Waals surface area contributed by atoms with Gasteiger partial charge in [0.05, 0.1) is 18.5 Å². The number of benzene rings is 2. The number of aryl methyl sites for hydroxylation is 4. The van der Waals surface area contributed by atoms with Crippen LogP contribution in [-0.2, 0) is 20.7 Å². The van der Waals surface area contributed by atoms with Gasteiger partial charge in [-0.15, -0.1) is 0 Å². The van der Waals surface area contributed by atoms with Gasteiger partial charge in [-0.05, 0) is 53.6 Å². The van der Waals surface area contributed by atoms with Crippen molar-refractivity contribution in [2.45, 2.75) is 20.5 Å². The Morgan fingerprint density at radius 3 is 2.42 bits per heavy atom. The van der Waals surface area contributed by atoms with E-state index in [9.17, 15) is 4.79 Å². The van der Waals surface area contributed by atoms with Crippen molar-refractivity contribution in [3.8, 4) is 28.6 Å². The standard InChI is InChI=1S/C22H24N6O3/c1-14-11-20(15(2)10-17(14)18-12-21(30-5)26(3)23-18)31-13-16-8-6-7-9-19(16)28-22(29)27(4)24-25-28/h6-12H,13H2,1-5H3. The van der Waals surface area contributed by atoms with Crippen LogP contribution in [0.3, 0.4) is 0 Å². The molecule has 160 valence electrons. The molecule has 2 heterocycles. The van der Waals surface area contributed by atoms with Gasteiger partial charge in [0.2, 0.25) is 5.88 Å². The first-order valence-corrected chi connectivity index (χ1v) is 9.78. The monoisotopic (exact) mass is 420 g/mol. The highest BCUT2D eigenvalue weighted by Crippen LogP contribution is 2.31. The molecule has 4 rings (SSSR count). The molecule has 0 saturated heterocycles. The number of hydrogen-bond acceptors (Lipinski definition) is 6. The average Bonchev–Trinajstić information content (AvgIpc) is 3.30. The molecule has 0 atom stereocenters. The summed E-state index contributed by atoms with van der Waals surface area (Å²) in [4.78, 5) is 12.3.